The molecule has 2 aliphatic heterocycles. The highest BCUT2D eigenvalue weighted by atomic mass is 31.2. The topological polar surface area (TPSA) is 484 Å². The first-order valence-electron chi connectivity index (χ1n) is 35.0. The van der Waals surface area contributed by atoms with E-state index >= 15 is 4.79 Å². The Morgan fingerprint density at radius 2 is 1.37 bits per heavy atom. The fraction of sp³-hybridized carbons (Fsp3) is 0.563. The molecule has 4 rings (SSSR count). The molecule has 1 unspecified atom stereocenters. The molecule has 0 radical (unpaired) electrons. The van der Waals surface area contributed by atoms with Crippen molar-refractivity contribution < 1.29 is 109 Å². The van der Waals surface area contributed by atoms with Crippen molar-refractivity contribution in [3.63, 3.8) is 0 Å². The predicted octanol–water partition coefficient (Wildman–Crippen LogP) is 0.493. The van der Waals surface area contributed by atoms with E-state index in [-0.39, 0.29) is 56.1 Å². The molecule has 0 aliphatic carbocycles. The fourth-order valence-electron chi connectivity index (χ4n) is 11.2. The van der Waals surface area contributed by atoms with Gasteiger partial charge in [-0.15, -0.1) is 0 Å². The summed E-state index contributed by atoms with van der Waals surface area (Å²) in [6.07, 6.45) is -6.07. The number of nitrogens with one attached hydrogen (secondary N) is 8. The van der Waals surface area contributed by atoms with Crippen LogP contribution < -0.4 is 48.3 Å². The van der Waals surface area contributed by atoms with Crippen LogP contribution in [0.25, 0.3) is 0 Å². The number of rotatable bonds is 31. The van der Waals surface area contributed by atoms with Crippen molar-refractivity contribution in [2.24, 2.45) is 23.5 Å². The molecule has 0 bridgehead atoms. The Labute approximate surface area is 627 Å². The monoisotopic (exact) mass is 1540 g/mol. The highest BCUT2D eigenvalue weighted by Crippen LogP contribution is 2.47. The van der Waals surface area contributed by atoms with Gasteiger partial charge in [-0.05, 0) is 81.5 Å². The molecule has 13 amide bonds. The number of phosphoric ester groups is 1. The molecule has 2 aliphatic rings. The summed E-state index contributed by atoms with van der Waals surface area (Å²) >= 11 is 0. The van der Waals surface area contributed by atoms with Crippen molar-refractivity contribution in [3.05, 3.63) is 90.2 Å². The number of benzene rings is 2. The van der Waals surface area contributed by atoms with E-state index in [0.717, 1.165) is 59.7 Å². The van der Waals surface area contributed by atoms with E-state index in [2.05, 4.69) is 49.1 Å². The molecule has 108 heavy (non-hydrogen) atoms. The van der Waals surface area contributed by atoms with Gasteiger partial charge >= 0.3 is 31.8 Å². The predicted molar refractivity (Wildman–Crippen MR) is 387 cm³/mol. The average molecular weight is 1540 g/mol. The number of hydrogen-bond acceptors (Lipinski definition) is 23. The van der Waals surface area contributed by atoms with Gasteiger partial charge in [0, 0.05) is 98.5 Å². The van der Waals surface area contributed by atoms with Gasteiger partial charge < -0.3 is 86.8 Å². The van der Waals surface area contributed by atoms with Crippen molar-refractivity contribution in [2.45, 2.75) is 194 Å². The van der Waals surface area contributed by atoms with Crippen LogP contribution in [0, 0.1) is 17.8 Å². The van der Waals surface area contributed by atoms with Crippen molar-refractivity contribution in [3.8, 4) is 0 Å². The number of cyclic esters (lactones) is 2. The summed E-state index contributed by atoms with van der Waals surface area (Å²) < 4.78 is 48.5. The van der Waals surface area contributed by atoms with Gasteiger partial charge in [0.25, 0.3) is 23.6 Å². The van der Waals surface area contributed by atoms with E-state index < -0.39 is 200 Å². The van der Waals surface area contributed by atoms with E-state index in [1.165, 1.54) is 93.8 Å². The van der Waals surface area contributed by atoms with Crippen LogP contribution >= 0.6 is 7.82 Å². The lowest BCUT2D eigenvalue weighted by molar-refractivity contribution is -0.174. The van der Waals surface area contributed by atoms with E-state index in [9.17, 15) is 76.6 Å². The summed E-state index contributed by atoms with van der Waals surface area (Å²) in [4.78, 5) is 219. The molecule has 37 heteroatoms. The van der Waals surface area contributed by atoms with Crippen LogP contribution in [-0.4, -0.2) is 240 Å². The van der Waals surface area contributed by atoms with Crippen molar-refractivity contribution in [1.82, 2.24) is 56.8 Å². The molecule has 1 saturated heterocycles. The molecule has 2 aromatic carbocycles. The van der Waals surface area contributed by atoms with Crippen LogP contribution in [0.15, 0.2) is 79.0 Å². The first-order chi connectivity index (χ1) is 50.5. The number of likely N-dealkylation sites (N-methyl/N-ethyl adjacent to an activating group) is 3. The standard InChI is InChI=1S/C71H104N13O23P/c1-37(2)51(79-53(87)31-33-84-54(88)29-30-55(84)89)35-74-50(24-21-32-73-71(72)99)64(92)78-49-27-25-48(26-28-49)36-103-108(100,101)107-61(39(5)6)58(77-46(13)86)69(97)106-60(38(3)4)57-67(95)83(16)59(44(11)102-17)70(98)104-43(10)56(76-45(12)85)68(96)105-52(34-47-22-19-18-20-23-47)66(94)82(15)41(8)62(90)75-40(7)65(93)81(14)42(9)63(91)80-57/h18-20,22-23,25-30,37-40,42-44,50-52,56-61,74H,8,21,24,31-36H2,1-7,9-17H3,(H,75,90)(H,76,85)(H,77,86)(H,78,92)(H,79,87)(H,80,91)(H,100,101)(H3,72,73,99)/t40-,42-,43+,44+,50-,51+,52+,56-,57-,58-,59-,60+,61+/m0/s1. The fourth-order valence-corrected chi connectivity index (χ4v) is 12.2. The zero-order valence-electron chi connectivity index (χ0n) is 63.7. The molecule has 0 saturated carbocycles. The number of amides is 13. The maximum absolute atomic E-state index is 15.5. The number of carbonyl (C=O) groups excluding carboxylic acids is 15. The number of ether oxygens (including phenoxy) is 4. The van der Waals surface area contributed by atoms with Crippen LogP contribution in [0.3, 0.4) is 0 Å². The van der Waals surface area contributed by atoms with Crippen LogP contribution in [0.4, 0.5) is 10.5 Å². The lowest BCUT2D eigenvalue weighted by Gasteiger charge is -2.38. The van der Waals surface area contributed by atoms with Crippen molar-refractivity contribution in [1.29, 1.82) is 0 Å². The van der Waals surface area contributed by atoms with Crippen molar-refractivity contribution in [2.75, 3.05) is 53.2 Å². The van der Waals surface area contributed by atoms with Gasteiger partial charge in [0.2, 0.25) is 41.4 Å². The number of nitrogens with two attached hydrogens (primary N) is 1. The summed E-state index contributed by atoms with van der Waals surface area (Å²) in [6, 6.07) is 1.11. The maximum Gasteiger partial charge on any atom is 0.472 e. The minimum absolute atomic E-state index is 0.0933. The quantitative estimate of drug-likeness (QED) is 0.0123. The normalized spacial score (nSPS) is 21.9. The number of primary amides is 1. The van der Waals surface area contributed by atoms with Gasteiger partial charge in [0.1, 0.15) is 42.1 Å². The molecular weight excluding hydrogens is 1430 g/mol. The number of phosphoric acid groups is 1. The summed E-state index contributed by atoms with van der Waals surface area (Å²) in [7, 11) is -0.663. The second-order valence-electron chi connectivity index (χ2n) is 27.2. The zero-order chi connectivity index (χ0) is 81.4. The largest absolute Gasteiger partial charge is 0.472 e. The summed E-state index contributed by atoms with van der Waals surface area (Å²) in [6.45, 7) is 19.9. The van der Waals surface area contributed by atoms with E-state index in [4.69, 9.17) is 33.7 Å². The second-order valence-corrected chi connectivity index (χ2v) is 28.6. The number of esters is 3. The molecule has 2 aromatic rings. The maximum atomic E-state index is 15.5. The zero-order valence-corrected chi connectivity index (χ0v) is 64.6. The van der Waals surface area contributed by atoms with Crippen LogP contribution in [0.2, 0.25) is 0 Å². The minimum atomic E-state index is -5.30. The first-order valence-corrected chi connectivity index (χ1v) is 36.5. The highest BCUT2D eigenvalue weighted by molar-refractivity contribution is 7.47. The Balaban J connectivity index is 1.67. The minimum Gasteiger partial charge on any atom is -0.458 e. The lowest BCUT2D eigenvalue weighted by atomic mass is 9.95. The van der Waals surface area contributed by atoms with Crippen LogP contribution in [-0.2, 0) is 113 Å². The summed E-state index contributed by atoms with van der Waals surface area (Å²) in [5, 5.41) is 21.1. The number of nitrogens with zero attached hydrogens (tertiary/aromatic N) is 4. The van der Waals surface area contributed by atoms with Crippen LogP contribution in [0.5, 0.6) is 0 Å². The molecule has 14 atom stereocenters. The van der Waals surface area contributed by atoms with Gasteiger partial charge in [-0.2, -0.15) is 0 Å². The summed E-state index contributed by atoms with van der Waals surface area (Å²) in [5.74, 6) is -15.1. The molecule has 2 heterocycles. The number of hydrogen-bond donors (Lipinski definition) is 10. The molecule has 596 valence electrons. The average Bonchev–Trinajstić information content (AvgIpc) is 0.886. The smallest absolute Gasteiger partial charge is 0.458 e. The number of carbonyl (C=O) groups is 15. The van der Waals surface area contributed by atoms with Gasteiger partial charge in [-0.1, -0.05) is 90.6 Å². The Hall–Kier alpha value is -10.0. The SMILES string of the molecule is C=C1C(=O)N[C@@H](C)C(=O)N(C)[C@@H](C)C(=O)N[C@@H]([C@H](OC(=O)[C@@H](NC(C)=O)[C@H](OP(=O)(O)OCc2ccc(NC(=O)[C@H](CCCNC(N)=O)NC[C@@H](NC(=O)CCN3C(=O)C=CC3=O)C(C)C)cc2)C(C)C)C(C)C)C(=O)N(C)[C@@H]([C@@H](C)OC)C(=O)O[C@H](C)[C@H](NC(C)=O)C(=O)O[C@H](Cc2ccccc2)C(=O)N1C. The number of urea groups is 1. The molecule has 11 N–H and O–H groups in total. The number of anilines is 1. The highest BCUT2D eigenvalue weighted by Gasteiger charge is 2.48. The Kier molecular flexibility index (Phi) is 35.1. The molecule has 1 fully saturated rings. The van der Waals surface area contributed by atoms with Gasteiger partial charge in [-0.3, -0.25) is 66.7 Å². The van der Waals surface area contributed by atoms with Gasteiger partial charge in [0.15, 0.2) is 24.2 Å². The third-order valence-corrected chi connectivity index (χ3v) is 18.7. The molecule has 0 aromatic heterocycles. The first kappa shape index (κ1) is 90.4. The second kappa shape index (κ2) is 41.9. The van der Waals surface area contributed by atoms with E-state index in [1.807, 2.05) is 13.8 Å². The number of methoxy groups -OCH3 is 1. The Morgan fingerprint density at radius 3 is 1.93 bits per heavy atom. The van der Waals surface area contributed by atoms with E-state index in [0.29, 0.717) is 12.0 Å². The van der Waals surface area contributed by atoms with Gasteiger partial charge in [0.05, 0.1) is 18.8 Å². The third kappa shape index (κ3) is 27.0. The molecular formula is C71H104N13O23P. The van der Waals surface area contributed by atoms with E-state index in [1.54, 1.807) is 30.3 Å². The van der Waals surface area contributed by atoms with Crippen LogP contribution in [0.1, 0.15) is 113 Å². The molecule has 0 spiro atoms. The number of imide groups is 1. The van der Waals surface area contributed by atoms with Crippen molar-refractivity contribution >= 4 is 102 Å². The van der Waals surface area contributed by atoms with Gasteiger partial charge in [-0.25, -0.2) is 23.7 Å². The Bertz CT molecular complexity index is 3650. The Morgan fingerprint density at radius 1 is 0.750 bits per heavy atom. The lowest BCUT2D eigenvalue weighted by Crippen LogP contribution is -2.63. The summed E-state index contributed by atoms with van der Waals surface area (Å²) in [5.41, 5.74) is 5.72. The molecule has 36 nitrogen and oxygen atoms in total. The third-order valence-electron chi connectivity index (χ3n) is 17.8.